The second-order valence-electron chi connectivity index (χ2n) is 3.20. The Morgan fingerprint density at radius 1 is 1.36 bits per heavy atom. The summed E-state index contributed by atoms with van der Waals surface area (Å²) in [6.07, 6.45) is 3.83. The Hall–Kier alpha value is -1.57. The predicted molar refractivity (Wildman–Crippen MR) is 57.4 cm³/mol. The van der Waals surface area contributed by atoms with Gasteiger partial charge in [-0.3, -0.25) is 0 Å². The molecule has 1 aliphatic heterocycles. The molecule has 1 heterocycles. The lowest BCUT2D eigenvalue weighted by atomic mass is 10.1. The zero-order valence-corrected chi connectivity index (χ0v) is 8.18. The van der Waals surface area contributed by atoms with Crippen LogP contribution in [0, 0.1) is 0 Å². The highest BCUT2D eigenvalue weighted by atomic mass is 16.5. The molecule has 2 rings (SSSR count). The smallest absolute Gasteiger partial charge is 0.209 e. The highest BCUT2D eigenvalue weighted by molar-refractivity contribution is 5.88. The fourth-order valence-electron chi connectivity index (χ4n) is 1.47. The summed E-state index contributed by atoms with van der Waals surface area (Å²) in [5.74, 6) is 0.737. The summed E-state index contributed by atoms with van der Waals surface area (Å²) in [6.45, 7) is 2.62. The van der Waals surface area contributed by atoms with Crippen molar-refractivity contribution in [2.75, 3.05) is 6.61 Å². The van der Waals surface area contributed by atoms with Crippen LogP contribution in [0.1, 0.15) is 18.5 Å². The average Bonchev–Trinajstić information content (AvgIpc) is 2.68. The van der Waals surface area contributed by atoms with Gasteiger partial charge in [0, 0.05) is 0 Å². The molecule has 72 valence electrons. The molecule has 1 atom stereocenters. The molecule has 0 amide bonds. The molecule has 14 heavy (non-hydrogen) atoms. The van der Waals surface area contributed by atoms with Gasteiger partial charge in [0.2, 0.25) is 5.90 Å². The second kappa shape index (κ2) is 4.09. The monoisotopic (exact) mass is 187 g/mol. The third kappa shape index (κ3) is 1.84. The molecule has 0 fully saturated rings. The van der Waals surface area contributed by atoms with E-state index in [1.807, 2.05) is 37.3 Å². The van der Waals surface area contributed by atoms with Crippen LogP contribution in [-0.4, -0.2) is 12.5 Å². The van der Waals surface area contributed by atoms with E-state index in [1.165, 1.54) is 5.56 Å². The van der Waals surface area contributed by atoms with Crippen LogP contribution in [0.4, 0.5) is 0 Å². The topological polar surface area (TPSA) is 21.6 Å². The predicted octanol–water partition coefficient (Wildman–Crippen LogP) is 2.73. The standard InChI is InChI=1S/C12H13NO/c1-2-6-12-13-11(9-14-12)10-7-4-3-5-8-10/h2-8,11H,9H2,1H3/b6-2+/t11-/m1/s1. The molecule has 1 aromatic rings. The molecule has 0 saturated carbocycles. The van der Waals surface area contributed by atoms with E-state index in [0.29, 0.717) is 6.61 Å². The quantitative estimate of drug-likeness (QED) is 0.697. The van der Waals surface area contributed by atoms with Crippen LogP contribution in [0.25, 0.3) is 0 Å². The van der Waals surface area contributed by atoms with Gasteiger partial charge in [0.05, 0.1) is 0 Å². The summed E-state index contributed by atoms with van der Waals surface area (Å²) in [6, 6.07) is 10.4. The molecule has 2 heteroatoms. The van der Waals surface area contributed by atoms with E-state index in [9.17, 15) is 0 Å². The lowest BCUT2D eigenvalue weighted by Crippen LogP contribution is -1.97. The Morgan fingerprint density at radius 3 is 2.86 bits per heavy atom. The lowest BCUT2D eigenvalue weighted by Gasteiger charge is -2.03. The third-order valence-electron chi connectivity index (χ3n) is 2.17. The minimum atomic E-state index is 0.169. The summed E-state index contributed by atoms with van der Waals surface area (Å²) in [7, 11) is 0. The van der Waals surface area contributed by atoms with Crippen LogP contribution >= 0.6 is 0 Å². The number of rotatable bonds is 2. The summed E-state index contributed by atoms with van der Waals surface area (Å²) in [5.41, 5.74) is 1.21. The first-order chi connectivity index (χ1) is 6.90. The van der Waals surface area contributed by atoms with Crippen LogP contribution in [0.5, 0.6) is 0 Å². The molecule has 0 N–H and O–H groups in total. The lowest BCUT2D eigenvalue weighted by molar-refractivity contribution is 0.321. The highest BCUT2D eigenvalue weighted by Gasteiger charge is 2.17. The number of allylic oxidation sites excluding steroid dienone is 1. The molecular weight excluding hydrogens is 174 g/mol. The van der Waals surface area contributed by atoms with Crippen molar-refractivity contribution in [1.82, 2.24) is 0 Å². The Labute approximate surface area is 83.9 Å². The number of hydrogen-bond acceptors (Lipinski definition) is 2. The maximum absolute atomic E-state index is 5.42. The molecule has 1 aromatic carbocycles. The van der Waals surface area contributed by atoms with Gasteiger partial charge in [-0.15, -0.1) is 0 Å². The Balaban J connectivity index is 2.16. The maximum atomic E-state index is 5.42. The largest absolute Gasteiger partial charge is 0.475 e. The summed E-state index contributed by atoms with van der Waals surface area (Å²) >= 11 is 0. The Morgan fingerprint density at radius 2 is 2.14 bits per heavy atom. The van der Waals surface area contributed by atoms with Gasteiger partial charge < -0.3 is 4.74 Å². The molecule has 2 nitrogen and oxygen atoms in total. The average molecular weight is 187 g/mol. The first-order valence-corrected chi connectivity index (χ1v) is 4.78. The van der Waals surface area contributed by atoms with Gasteiger partial charge >= 0.3 is 0 Å². The molecular formula is C12H13NO. The Kier molecular flexibility index (Phi) is 2.63. The van der Waals surface area contributed by atoms with Crippen molar-refractivity contribution in [2.45, 2.75) is 13.0 Å². The zero-order chi connectivity index (χ0) is 9.80. The Bertz CT molecular complexity index is 354. The number of aliphatic imine (C=N–C) groups is 1. The molecule has 0 aromatic heterocycles. The second-order valence-corrected chi connectivity index (χ2v) is 3.20. The fraction of sp³-hybridized carbons (Fsp3) is 0.250. The van der Waals surface area contributed by atoms with Gasteiger partial charge in [0.1, 0.15) is 12.6 Å². The van der Waals surface area contributed by atoms with Crippen molar-refractivity contribution in [3.8, 4) is 0 Å². The van der Waals surface area contributed by atoms with Gasteiger partial charge in [-0.05, 0) is 18.6 Å². The van der Waals surface area contributed by atoms with E-state index in [1.54, 1.807) is 0 Å². The third-order valence-corrected chi connectivity index (χ3v) is 2.17. The molecule has 0 aliphatic carbocycles. The first-order valence-electron chi connectivity index (χ1n) is 4.78. The summed E-state index contributed by atoms with van der Waals surface area (Å²) < 4.78 is 5.42. The summed E-state index contributed by atoms with van der Waals surface area (Å²) in [4.78, 5) is 4.46. The van der Waals surface area contributed by atoms with Gasteiger partial charge in [-0.2, -0.15) is 0 Å². The van der Waals surface area contributed by atoms with E-state index < -0.39 is 0 Å². The number of benzene rings is 1. The normalized spacial score (nSPS) is 20.9. The number of ether oxygens (including phenoxy) is 1. The molecule has 0 saturated heterocycles. The van der Waals surface area contributed by atoms with E-state index in [2.05, 4.69) is 17.1 Å². The van der Waals surface area contributed by atoms with E-state index in [0.717, 1.165) is 5.90 Å². The fourth-order valence-corrected chi connectivity index (χ4v) is 1.47. The molecule has 0 spiro atoms. The van der Waals surface area contributed by atoms with Crippen molar-refractivity contribution < 1.29 is 4.74 Å². The van der Waals surface area contributed by atoms with Gasteiger partial charge in [0.25, 0.3) is 0 Å². The van der Waals surface area contributed by atoms with E-state index >= 15 is 0 Å². The van der Waals surface area contributed by atoms with Crippen molar-refractivity contribution in [2.24, 2.45) is 4.99 Å². The molecule has 0 bridgehead atoms. The number of hydrogen-bond donors (Lipinski definition) is 0. The van der Waals surface area contributed by atoms with Gasteiger partial charge in [-0.25, -0.2) is 4.99 Å². The minimum Gasteiger partial charge on any atom is -0.475 e. The highest BCUT2D eigenvalue weighted by Crippen LogP contribution is 2.22. The van der Waals surface area contributed by atoms with Crippen molar-refractivity contribution in [3.63, 3.8) is 0 Å². The molecule has 0 unspecified atom stereocenters. The van der Waals surface area contributed by atoms with Crippen molar-refractivity contribution in [3.05, 3.63) is 48.0 Å². The van der Waals surface area contributed by atoms with Crippen LogP contribution < -0.4 is 0 Å². The van der Waals surface area contributed by atoms with Gasteiger partial charge in [0.15, 0.2) is 0 Å². The van der Waals surface area contributed by atoms with E-state index in [-0.39, 0.29) is 6.04 Å². The van der Waals surface area contributed by atoms with Crippen molar-refractivity contribution >= 4 is 5.90 Å². The number of nitrogens with zero attached hydrogens (tertiary/aromatic N) is 1. The molecule has 0 radical (unpaired) electrons. The minimum absolute atomic E-state index is 0.169. The van der Waals surface area contributed by atoms with Gasteiger partial charge in [-0.1, -0.05) is 36.4 Å². The zero-order valence-electron chi connectivity index (χ0n) is 8.18. The van der Waals surface area contributed by atoms with Crippen LogP contribution in [0.2, 0.25) is 0 Å². The SMILES string of the molecule is C/C=C/C1=N[C@@H](c2ccccc2)CO1. The maximum Gasteiger partial charge on any atom is 0.209 e. The summed E-state index contributed by atoms with van der Waals surface area (Å²) in [5, 5.41) is 0. The van der Waals surface area contributed by atoms with Crippen molar-refractivity contribution in [1.29, 1.82) is 0 Å². The first kappa shape index (κ1) is 9.00. The van der Waals surface area contributed by atoms with Crippen LogP contribution in [0.15, 0.2) is 47.5 Å². The van der Waals surface area contributed by atoms with Crippen LogP contribution in [-0.2, 0) is 4.74 Å². The van der Waals surface area contributed by atoms with Crippen LogP contribution in [0.3, 0.4) is 0 Å². The molecule has 1 aliphatic rings. The van der Waals surface area contributed by atoms with E-state index in [4.69, 9.17) is 4.74 Å².